The lowest BCUT2D eigenvalue weighted by molar-refractivity contribution is -0.385. The third kappa shape index (κ3) is 2.32. The SMILES string of the molecule is CCOc1ccc(-c2cn3cccc(O)c3n2)cc1[N+](=O)[O-]. The van der Waals surface area contributed by atoms with E-state index in [1.165, 1.54) is 12.1 Å². The maximum Gasteiger partial charge on any atom is 0.311 e. The summed E-state index contributed by atoms with van der Waals surface area (Å²) in [4.78, 5) is 15.0. The Morgan fingerprint density at radius 3 is 2.91 bits per heavy atom. The Bertz CT molecular complexity index is 857. The van der Waals surface area contributed by atoms with Crippen molar-refractivity contribution in [1.29, 1.82) is 0 Å². The highest BCUT2D eigenvalue weighted by Crippen LogP contribution is 2.32. The summed E-state index contributed by atoms with van der Waals surface area (Å²) in [6.07, 6.45) is 3.45. The van der Waals surface area contributed by atoms with Gasteiger partial charge in [0.15, 0.2) is 17.1 Å². The smallest absolute Gasteiger partial charge is 0.311 e. The second-order valence-corrected chi connectivity index (χ2v) is 4.62. The number of benzene rings is 1. The maximum absolute atomic E-state index is 11.2. The Morgan fingerprint density at radius 2 is 2.23 bits per heavy atom. The van der Waals surface area contributed by atoms with Crippen molar-refractivity contribution in [1.82, 2.24) is 9.38 Å². The van der Waals surface area contributed by atoms with E-state index < -0.39 is 4.92 Å². The van der Waals surface area contributed by atoms with Gasteiger partial charge < -0.3 is 14.2 Å². The Labute approximate surface area is 125 Å². The van der Waals surface area contributed by atoms with E-state index in [0.29, 0.717) is 23.5 Å². The van der Waals surface area contributed by atoms with Gasteiger partial charge in [-0.25, -0.2) is 4.98 Å². The molecule has 0 fully saturated rings. The summed E-state index contributed by atoms with van der Waals surface area (Å²) in [6, 6.07) is 7.91. The lowest BCUT2D eigenvalue weighted by atomic mass is 10.1. The van der Waals surface area contributed by atoms with Crippen LogP contribution in [0.5, 0.6) is 11.5 Å². The summed E-state index contributed by atoms with van der Waals surface area (Å²) in [7, 11) is 0. The molecule has 0 atom stereocenters. The van der Waals surface area contributed by atoms with Gasteiger partial charge >= 0.3 is 5.69 Å². The van der Waals surface area contributed by atoms with Gasteiger partial charge in [-0.3, -0.25) is 10.1 Å². The zero-order valence-corrected chi connectivity index (χ0v) is 11.8. The highest BCUT2D eigenvalue weighted by molar-refractivity contribution is 5.69. The lowest BCUT2D eigenvalue weighted by Gasteiger charge is -2.05. The van der Waals surface area contributed by atoms with Crippen molar-refractivity contribution in [3.05, 3.63) is 52.8 Å². The Balaban J connectivity index is 2.12. The van der Waals surface area contributed by atoms with Crippen LogP contribution in [0.3, 0.4) is 0 Å². The Kier molecular flexibility index (Phi) is 3.38. The van der Waals surface area contributed by atoms with Crippen LogP contribution in [-0.2, 0) is 0 Å². The average Bonchev–Trinajstić information content (AvgIpc) is 2.93. The van der Waals surface area contributed by atoms with Crippen LogP contribution in [-0.4, -0.2) is 26.0 Å². The average molecular weight is 299 g/mol. The summed E-state index contributed by atoms with van der Waals surface area (Å²) >= 11 is 0. The predicted molar refractivity (Wildman–Crippen MR) is 80.1 cm³/mol. The molecule has 2 aromatic heterocycles. The first kappa shape index (κ1) is 13.9. The molecule has 7 nitrogen and oxygen atoms in total. The molecule has 112 valence electrons. The number of hydrogen-bond acceptors (Lipinski definition) is 5. The van der Waals surface area contributed by atoms with Gasteiger partial charge in [-0.2, -0.15) is 0 Å². The molecule has 22 heavy (non-hydrogen) atoms. The molecular weight excluding hydrogens is 286 g/mol. The number of nitrogens with zero attached hydrogens (tertiary/aromatic N) is 3. The van der Waals surface area contributed by atoms with Crippen molar-refractivity contribution in [3.63, 3.8) is 0 Å². The monoisotopic (exact) mass is 299 g/mol. The first-order valence-corrected chi connectivity index (χ1v) is 6.68. The fourth-order valence-electron chi connectivity index (χ4n) is 2.23. The zero-order valence-electron chi connectivity index (χ0n) is 11.8. The van der Waals surface area contributed by atoms with Gasteiger partial charge in [0.25, 0.3) is 0 Å². The van der Waals surface area contributed by atoms with Crippen molar-refractivity contribution < 1.29 is 14.8 Å². The molecule has 7 heteroatoms. The molecule has 0 unspecified atom stereocenters. The molecule has 2 heterocycles. The highest BCUT2D eigenvalue weighted by Gasteiger charge is 2.17. The number of hydrogen-bond donors (Lipinski definition) is 1. The molecule has 1 aromatic carbocycles. The number of nitro benzene ring substituents is 1. The van der Waals surface area contributed by atoms with Crippen LogP contribution in [0.1, 0.15) is 6.92 Å². The van der Waals surface area contributed by atoms with Crippen LogP contribution < -0.4 is 4.74 Å². The van der Waals surface area contributed by atoms with E-state index in [0.717, 1.165) is 0 Å². The number of aromatic nitrogens is 2. The lowest BCUT2D eigenvalue weighted by Crippen LogP contribution is -1.97. The van der Waals surface area contributed by atoms with Crippen LogP contribution in [0.4, 0.5) is 5.69 Å². The second-order valence-electron chi connectivity index (χ2n) is 4.62. The summed E-state index contributed by atoms with van der Waals surface area (Å²) in [5.74, 6) is 0.275. The normalized spacial score (nSPS) is 10.8. The van der Waals surface area contributed by atoms with E-state index in [4.69, 9.17) is 4.74 Å². The van der Waals surface area contributed by atoms with Gasteiger partial charge in [0.2, 0.25) is 0 Å². The topological polar surface area (TPSA) is 89.9 Å². The number of fused-ring (bicyclic) bond motifs is 1. The zero-order chi connectivity index (χ0) is 15.7. The molecular formula is C15H13N3O4. The minimum atomic E-state index is -0.484. The summed E-state index contributed by atoms with van der Waals surface area (Å²) in [6.45, 7) is 2.12. The molecule has 0 spiro atoms. The standard InChI is InChI=1S/C15H13N3O4/c1-2-22-14-6-5-10(8-12(14)18(20)21)11-9-17-7-3-4-13(19)15(17)16-11/h3-9,19H,2H2,1H3. The third-order valence-electron chi connectivity index (χ3n) is 3.21. The highest BCUT2D eigenvalue weighted by atomic mass is 16.6. The first-order valence-electron chi connectivity index (χ1n) is 6.68. The largest absolute Gasteiger partial charge is 0.504 e. The molecule has 3 aromatic rings. The second kappa shape index (κ2) is 5.36. The van der Waals surface area contributed by atoms with Crippen molar-refractivity contribution in [2.24, 2.45) is 0 Å². The number of pyridine rings is 1. The molecule has 1 N–H and O–H groups in total. The molecule has 3 rings (SSSR count). The number of aromatic hydroxyl groups is 1. The Hall–Kier alpha value is -3.09. The molecule has 0 aliphatic carbocycles. The minimum Gasteiger partial charge on any atom is -0.504 e. The summed E-state index contributed by atoms with van der Waals surface area (Å²) in [5.41, 5.74) is 1.40. The van der Waals surface area contributed by atoms with Gasteiger partial charge in [0.05, 0.1) is 17.2 Å². The molecule has 0 aliphatic rings. The van der Waals surface area contributed by atoms with Crippen LogP contribution in [0.2, 0.25) is 0 Å². The quantitative estimate of drug-likeness (QED) is 0.590. The van der Waals surface area contributed by atoms with E-state index in [1.807, 2.05) is 0 Å². The van der Waals surface area contributed by atoms with Crippen molar-refractivity contribution >= 4 is 11.3 Å². The molecule has 0 saturated carbocycles. The minimum absolute atomic E-state index is 0.0502. The third-order valence-corrected chi connectivity index (χ3v) is 3.21. The van der Waals surface area contributed by atoms with E-state index in [9.17, 15) is 15.2 Å². The van der Waals surface area contributed by atoms with Crippen molar-refractivity contribution in [3.8, 4) is 22.8 Å². The fraction of sp³-hybridized carbons (Fsp3) is 0.133. The molecule has 0 bridgehead atoms. The first-order chi connectivity index (χ1) is 10.6. The van der Waals surface area contributed by atoms with E-state index >= 15 is 0 Å². The van der Waals surface area contributed by atoms with Gasteiger partial charge in [0, 0.05) is 24.0 Å². The molecule has 0 radical (unpaired) electrons. The summed E-state index contributed by atoms with van der Waals surface area (Å²) < 4.78 is 6.92. The predicted octanol–water partition coefficient (Wildman–Crippen LogP) is 3.01. The van der Waals surface area contributed by atoms with Crippen molar-refractivity contribution in [2.75, 3.05) is 6.61 Å². The number of imidazole rings is 1. The number of nitro groups is 1. The van der Waals surface area contributed by atoms with E-state index in [1.54, 1.807) is 41.9 Å². The van der Waals surface area contributed by atoms with Crippen LogP contribution in [0, 0.1) is 10.1 Å². The number of rotatable bonds is 4. The van der Waals surface area contributed by atoms with Crippen LogP contribution in [0.25, 0.3) is 16.9 Å². The van der Waals surface area contributed by atoms with Gasteiger partial charge in [-0.15, -0.1) is 0 Å². The summed E-state index contributed by atoms with van der Waals surface area (Å²) in [5, 5.41) is 20.9. The van der Waals surface area contributed by atoms with Crippen LogP contribution >= 0.6 is 0 Å². The number of ether oxygens (including phenoxy) is 1. The fourth-order valence-corrected chi connectivity index (χ4v) is 2.23. The molecule has 0 aliphatic heterocycles. The molecule has 0 saturated heterocycles. The van der Waals surface area contributed by atoms with E-state index in [-0.39, 0.29) is 17.2 Å². The van der Waals surface area contributed by atoms with Gasteiger partial charge in [-0.1, -0.05) is 0 Å². The van der Waals surface area contributed by atoms with Crippen LogP contribution in [0.15, 0.2) is 42.7 Å². The Morgan fingerprint density at radius 1 is 1.41 bits per heavy atom. The van der Waals surface area contributed by atoms with Gasteiger partial charge in [0.1, 0.15) is 0 Å². The van der Waals surface area contributed by atoms with E-state index in [2.05, 4.69) is 4.98 Å². The molecule has 0 amide bonds. The maximum atomic E-state index is 11.2. The van der Waals surface area contributed by atoms with Crippen molar-refractivity contribution in [2.45, 2.75) is 6.92 Å². The van der Waals surface area contributed by atoms with Gasteiger partial charge in [-0.05, 0) is 31.2 Å².